The van der Waals surface area contributed by atoms with Gasteiger partial charge in [0.15, 0.2) is 0 Å². The minimum Gasteiger partial charge on any atom is -0.465 e. The number of hydrogen-bond donors (Lipinski definition) is 2. The second kappa shape index (κ2) is 4.19. The molecule has 0 spiro atoms. The molecule has 17 heavy (non-hydrogen) atoms. The van der Waals surface area contributed by atoms with E-state index < -0.39 is 23.8 Å². The summed E-state index contributed by atoms with van der Waals surface area (Å²) in [6.45, 7) is 0. The first-order valence-corrected chi connectivity index (χ1v) is 4.19. The largest absolute Gasteiger partial charge is 0.465 e. The highest BCUT2D eigenvalue weighted by molar-refractivity contribution is 5.82. The minimum absolute atomic E-state index is 0.362. The van der Waals surface area contributed by atoms with Gasteiger partial charge in [0.25, 0.3) is 0 Å². The molecule has 0 unspecified atom stereocenters. The van der Waals surface area contributed by atoms with Crippen LogP contribution in [0.5, 0.6) is 0 Å². The summed E-state index contributed by atoms with van der Waals surface area (Å²) in [6, 6.07) is 2.96. The molecule has 1 aromatic rings. The van der Waals surface area contributed by atoms with Crippen LogP contribution in [0.25, 0.3) is 0 Å². The van der Waals surface area contributed by atoms with Crippen molar-refractivity contribution in [3.8, 4) is 0 Å². The van der Waals surface area contributed by atoms with Crippen LogP contribution in [-0.4, -0.2) is 17.4 Å². The maximum Gasteiger partial charge on any atom is 0.458 e. The van der Waals surface area contributed by atoms with E-state index in [1.165, 1.54) is 0 Å². The second-order valence-corrected chi connectivity index (χ2v) is 3.08. The molecule has 0 bridgehead atoms. The number of anilines is 1. The van der Waals surface area contributed by atoms with E-state index in [4.69, 9.17) is 5.11 Å². The van der Waals surface area contributed by atoms with Gasteiger partial charge in [-0.1, -0.05) is 12.1 Å². The summed E-state index contributed by atoms with van der Waals surface area (Å²) in [7, 11) is 0. The fourth-order valence-corrected chi connectivity index (χ4v) is 1.08. The molecular formula is C9H6F5NO2. The number of carbonyl (C=O) groups is 1. The van der Waals surface area contributed by atoms with Crippen LogP contribution in [0.3, 0.4) is 0 Å². The van der Waals surface area contributed by atoms with Crippen LogP contribution in [0.1, 0.15) is 5.56 Å². The molecule has 0 aliphatic rings. The lowest BCUT2D eigenvalue weighted by molar-refractivity contribution is -0.289. The van der Waals surface area contributed by atoms with Crippen molar-refractivity contribution >= 4 is 11.8 Å². The quantitative estimate of drug-likeness (QED) is 0.795. The molecule has 1 rings (SSSR count). The highest BCUT2D eigenvalue weighted by Crippen LogP contribution is 2.44. The number of alkyl halides is 5. The molecular weight excluding hydrogens is 249 g/mol. The van der Waals surface area contributed by atoms with Crippen LogP contribution in [0.2, 0.25) is 0 Å². The Balaban J connectivity index is 3.11. The monoisotopic (exact) mass is 255 g/mol. The van der Waals surface area contributed by atoms with Crippen molar-refractivity contribution in [2.45, 2.75) is 12.1 Å². The molecule has 0 atom stereocenters. The van der Waals surface area contributed by atoms with Crippen LogP contribution in [0.15, 0.2) is 24.3 Å². The first-order chi connectivity index (χ1) is 7.64. The van der Waals surface area contributed by atoms with E-state index in [0.29, 0.717) is 12.1 Å². The van der Waals surface area contributed by atoms with Crippen molar-refractivity contribution in [2.24, 2.45) is 0 Å². The molecule has 2 N–H and O–H groups in total. The highest BCUT2D eigenvalue weighted by atomic mass is 19.4. The molecule has 0 saturated heterocycles. The van der Waals surface area contributed by atoms with Gasteiger partial charge in [0.2, 0.25) is 0 Å². The number of rotatable bonds is 2. The van der Waals surface area contributed by atoms with Gasteiger partial charge in [-0.2, -0.15) is 22.0 Å². The van der Waals surface area contributed by atoms with Gasteiger partial charge < -0.3 is 5.11 Å². The Labute approximate surface area is 91.9 Å². The van der Waals surface area contributed by atoms with Gasteiger partial charge in [-0.25, -0.2) is 4.79 Å². The predicted molar refractivity (Wildman–Crippen MR) is 48.0 cm³/mol. The third kappa shape index (κ3) is 2.83. The molecule has 3 nitrogen and oxygen atoms in total. The zero-order valence-electron chi connectivity index (χ0n) is 8.05. The van der Waals surface area contributed by atoms with Gasteiger partial charge in [-0.3, -0.25) is 5.32 Å². The van der Waals surface area contributed by atoms with Gasteiger partial charge in [0.1, 0.15) is 0 Å². The molecule has 94 valence electrons. The summed E-state index contributed by atoms with van der Waals surface area (Å²) in [4.78, 5) is 10.2. The van der Waals surface area contributed by atoms with Crippen LogP contribution in [0.4, 0.5) is 32.4 Å². The van der Waals surface area contributed by atoms with Crippen molar-refractivity contribution in [3.05, 3.63) is 29.8 Å². The number of carboxylic acid groups (broad SMARTS) is 1. The molecule has 0 saturated carbocycles. The fraction of sp³-hybridized carbons (Fsp3) is 0.222. The standard InChI is InChI=1S/C9H6F5NO2/c10-8(11,9(12,13)14)5-2-1-3-6(4-5)15-7(16)17/h1-4,15H,(H,16,17). The van der Waals surface area contributed by atoms with Crippen LogP contribution < -0.4 is 5.32 Å². The maximum atomic E-state index is 12.9. The van der Waals surface area contributed by atoms with Crippen molar-refractivity contribution in [3.63, 3.8) is 0 Å². The summed E-state index contributed by atoms with van der Waals surface area (Å²) in [5.41, 5.74) is -1.69. The average molecular weight is 255 g/mol. The van der Waals surface area contributed by atoms with Gasteiger partial charge in [-0.15, -0.1) is 0 Å². The zero-order chi connectivity index (χ0) is 13.3. The number of hydrogen-bond acceptors (Lipinski definition) is 1. The lowest BCUT2D eigenvalue weighted by Crippen LogP contribution is -2.33. The van der Waals surface area contributed by atoms with E-state index in [1.54, 1.807) is 5.32 Å². The van der Waals surface area contributed by atoms with Crippen LogP contribution >= 0.6 is 0 Å². The average Bonchev–Trinajstić information content (AvgIpc) is 2.15. The third-order valence-corrected chi connectivity index (χ3v) is 1.83. The maximum absolute atomic E-state index is 12.9. The summed E-state index contributed by atoms with van der Waals surface area (Å²) < 4.78 is 61.8. The van der Waals surface area contributed by atoms with E-state index in [0.717, 1.165) is 12.1 Å². The first kappa shape index (κ1) is 13.2. The smallest absolute Gasteiger partial charge is 0.458 e. The molecule has 0 aliphatic heterocycles. The Kier molecular flexibility index (Phi) is 3.25. The molecule has 0 radical (unpaired) electrons. The van der Waals surface area contributed by atoms with E-state index in [9.17, 15) is 26.7 Å². The molecule has 0 aromatic heterocycles. The topological polar surface area (TPSA) is 49.3 Å². The number of benzene rings is 1. The lowest BCUT2D eigenvalue weighted by Gasteiger charge is -2.20. The van der Waals surface area contributed by atoms with Gasteiger partial charge in [0, 0.05) is 11.3 Å². The van der Waals surface area contributed by atoms with E-state index in [2.05, 4.69) is 0 Å². The number of amides is 1. The van der Waals surface area contributed by atoms with Gasteiger partial charge in [0.05, 0.1) is 0 Å². The van der Waals surface area contributed by atoms with E-state index >= 15 is 0 Å². The van der Waals surface area contributed by atoms with Crippen molar-refractivity contribution in [1.29, 1.82) is 0 Å². The Morgan fingerprint density at radius 2 is 1.76 bits per heavy atom. The van der Waals surface area contributed by atoms with Gasteiger partial charge in [-0.05, 0) is 12.1 Å². The number of halogens is 5. The predicted octanol–water partition coefficient (Wildman–Crippen LogP) is 3.43. The lowest BCUT2D eigenvalue weighted by atomic mass is 10.1. The van der Waals surface area contributed by atoms with Crippen LogP contribution in [-0.2, 0) is 5.92 Å². The summed E-state index contributed by atoms with van der Waals surface area (Å²) in [6.07, 6.45) is -7.29. The summed E-state index contributed by atoms with van der Waals surface area (Å²) in [5, 5.41) is 9.98. The molecule has 1 amide bonds. The normalized spacial score (nSPS) is 12.3. The minimum atomic E-state index is -5.73. The Bertz CT molecular complexity index is 430. The molecule has 0 fully saturated rings. The van der Waals surface area contributed by atoms with E-state index in [1.807, 2.05) is 0 Å². The second-order valence-electron chi connectivity index (χ2n) is 3.08. The van der Waals surface area contributed by atoms with Crippen molar-refractivity contribution in [1.82, 2.24) is 0 Å². The third-order valence-electron chi connectivity index (χ3n) is 1.83. The fourth-order valence-electron chi connectivity index (χ4n) is 1.08. The Hall–Kier alpha value is -1.86. The van der Waals surface area contributed by atoms with Crippen LogP contribution in [0, 0.1) is 0 Å². The van der Waals surface area contributed by atoms with Crippen molar-refractivity contribution in [2.75, 3.05) is 5.32 Å². The molecule has 0 aliphatic carbocycles. The first-order valence-electron chi connectivity index (χ1n) is 4.19. The Morgan fingerprint density at radius 3 is 2.24 bits per heavy atom. The van der Waals surface area contributed by atoms with Gasteiger partial charge >= 0.3 is 18.2 Å². The summed E-state index contributed by atoms with van der Waals surface area (Å²) >= 11 is 0. The zero-order valence-corrected chi connectivity index (χ0v) is 8.05. The van der Waals surface area contributed by atoms with E-state index in [-0.39, 0.29) is 5.69 Å². The molecule has 8 heteroatoms. The summed E-state index contributed by atoms with van der Waals surface area (Å²) in [5.74, 6) is -5.02. The number of nitrogens with one attached hydrogen (secondary N) is 1. The van der Waals surface area contributed by atoms with Crippen molar-refractivity contribution < 1.29 is 31.9 Å². The highest BCUT2D eigenvalue weighted by Gasteiger charge is 2.58. The molecule has 1 aromatic carbocycles. The SMILES string of the molecule is O=C(O)Nc1cccc(C(F)(F)C(F)(F)F)c1. The molecule has 0 heterocycles. The Morgan fingerprint density at radius 1 is 1.18 bits per heavy atom.